The van der Waals surface area contributed by atoms with Crippen LogP contribution >= 0.6 is 0 Å². The van der Waals surface area contributed by atoms with Crippen LogP contribution in [0.2, 0.25) is 0 Å². The van der Waals surface area contributed by atoms with Crippen molar-refractivity contribution in [1.29, 1.82) is 0 Å². The summed E-state index contributed by atoms with van der Waals surface area (Å²) in [5.74, 6) is -0.350. The Morgan fingerprint density at radius 1 is 1.23 bits per heavy atom. The van der Waals surface area contributed by atoms with Gasteiger partial charge in [0.2, 0.25) is 10.0 Å². The third-order valence-corrected chi connectivity index (χ3v) is 6.35. The zero-order chi connectivity index (χ0) is 19.2. The first-order valence-corrected chi connectivity index (χ1v) is 10.8. The van der Waals surface area contributed by atoms with Crippen LogP contribution < -0.4 is 4.72 Å². The van der Waals surface area contributed by atoms with Crippen LogP contribution in [-0.2, 0) is 19.6 Å². The van der Waals surface area contributed by atoms with Crippen LogP contribution in [0.4, 0.5) is 0 Å². The normalized spacial score (nSPS) is 17.7. The molecule has 6 heteroatoms. The molecule has 1 saturated carbocycles. The molecule has 2 rings (SSSR count). The summed E-state index contributed by atoms with van der Waals surface area (Å²) >= 11 is 0. The van der Waals surface area contributed by atoms with Crippen LogP contribution in [0.1, 0.15) is 51.5 Å². The van der Waals surface area contributed by atoms with Crippen molar-refractivity contribution < 1.29 is 17.9 Å². The van der Waals surface area contributed by atoms with Crippen molar-refractivity contribution in [2.45, 2.75) is 63.8 Å². The minimum absolute atomic E-state index is 0.0968. The summed E-state index contributed by atoms with van der Waals surface area (Å²) in [5.41, 5.74) is 1.39. The number of carbonyl (C=O) groups excluding carboxylic acids is 1. The molecule has 1 N–H and O–H groups in total. The van der Waals surface area contributed by atoms with E-state index in [4.69, 9.17) is 4.74 Å². The molecule has 1 aromatic rings. The van der Waals surface area contributed by atoms with E-state index < -0.39 is 22.0 Å². The van der Waals surface area contributed by atoms with Crippen molar-refractivity contribution in [3.63, 3.8) is 0 Å². The van der Waals surface area contributed by atoms with Gasteiger partial charge in [0.05, 0.1) is 23.1 Å². The fourth-order valence-electron chi connectivity index (χ4n) is 3.47. The van der Waals surface area contributed by atoms with E-state index in [9.17, 15) is 13.2 Å². The number of allylic oxidation sites excluding steroid dienone is 1. The fourth-order valence-corrected chi connectivity index (χ4v) is 4.76. The van der Waals surface area contributed by atoms with Gasteiger partial charge in [-0.1, -0.05) is 43.0 Å². The molecule has 1 fully saturated rings. The monoisotopic (exact) mass is 379 g/mol. The average Bonchev–Trinajstić information content (AvgIpc) is 2.63. The molecule has 1 atom stereocenters. The molecule has 5 nitrogen and oxygen atoms in total. The average molecular weight is 380 g/mol. The standard InChI is InChI=1S/C20H29NO4S/c1-4-18(20(22)25-5-2)19(16-9-7-6-8-10-16)21-26(23,24)17-13-11-15(3)12-14-17/h4,11-14,16,19,21H,5-10H2,1-3H3. The minimum Gasteiger partial charge on any atom is -0.463 e. The number of hydrogen-bond donors (Lipinski definition) is 1. The number of carbonyl (C=O) groups is 1. The van der Waals surface area contributed by atoms with Crippen molar-refractivity contribution in [2.75, 3.05) is 6.61 Å². The predicted octanol–water partition coefficient (Wildman–Crippen LogP) is 3.73. The van der Waals surface area contributed by atoms with E-state index in [1.54, 1.807) is 44.2 Å². The van der Waals surface area contributed by atoms with Gasteiger partial charge in [0.1, 0.15) is 0 Å². The van der Waals surface area contributed by atoms with Gasteiger partial charge in [-0.2, -0.15) is 0 Å². The van der Waals surface area contributed by atoms with E-state index in [1.165, 1.54) is 0 Å². The highest BCUT2D eigenvalue weighted by Gasteiger charge is 2.34. The van der Waals surface area contributed by atoms with Crippen LogP contribution in [-0.4, -0.2) is 27.0 Å². The molecule has 1 aliphatic rings. The molecule has 1 unspecified atom stereocenters. The summed E-state index contributed by atoms with van der Waals surface area (Å²) in [6.07, 6.45) is 6.73. The second-order valence-electron chi connectivity index (χ2n) is 6.77. The third kappa shape index (κ3) is 5.17. The smallest absolute Gasteiger partial charge is 0.335 e. The van der Waals surface area contributed by atoms with Gasteiger partial charge < -0.3 is 4.74 Å². The highest BCUT2D eigenvalue weighted by molar-refractivity contribution is 7.89. The van der Waals surface area contributed by atoms with Crippen LogP contribution in [0.5, 0.6) is 0 Å². The molecular weight excluding hydrogens is 350 g/mol. The molecule has 0 saturated heterocycles. The maximum atomic E-state index is 12.9. The number of esters is 1. The fraction of sp³-hybridized carbons (Fsp3) is 0.550. The van der Waals surface area contributed by atoms with Gasteiger partial charge in [-0.15, -0.1) is 0 Å². The molecule has 0 aromatic heterocycles. The number of ether oxygens (including phenoxy) is 1. The Morgan fingerprint density at radius 3 is 2.38 bits per heavy atom. The van der Waals surface area contributed by atoms with Gasteiger partial charge in [-0.3, -0.25) is 0 Å². The van der Waals surface area contributed by atoms with E-state index in [0.29, 0.717) is 5.57 Å². The van der Waals surface area contributed by atoms with Crippen molar-refractivity contribution >= 4 is 16.0 Å². The van der Waals surface area contributed by atoms with Crippen molar-refractivity contribution in [3.05, 3.63) is 41.5 Å². The Morgan fingerprint density at radius 2 is 1.85 bits per heavy atom. The lowest BCUT2D eigenvalue weighted by atomic mass is 9.81. The molecule has 0 bridgehead atoms. The predicted molar refractivity (Wildman–Crippen MR) is 102 cm³/mol. The summed E-state index contributed by atoms with van der Waals surface area (Å²) in [6.45, 7) is 5.67. The van der Waals surface area contributed by atoms with E-state index >= 15 is 0 Å². The molecule has 0 spiro atoms. The Hall–Kier alpha value is -1.66. The van der Waals surface area contributed by atoms with Gasteiger partial charge in [-0.25, -0.2) is 17.9 Å². The number of nitrogens with one attached hydrogen (secondary N) is 1. The molecule has 1 aromatic carbocycles. The first-order chi connectivity index (χ1) is 12.4. The summed E-state index contributed by atoms with van der Waals surface area (Å²) in [4.78, 5) is 12.6. The molecule has 0 aliphatic heterocycles. The van der Waals surface area contributed by atoms with Gasteiger partial charge in [-0.05, 0) is 51.7 Å². The van der Waals surface area contributed by atoms with Gasteiger partial charge in [0.25, 0.3) is 0 Å². The maximum Gasteiger partial charge on any atom is 0.335 e. The van der Waals surface area contributed by atoms with Crippen LogP contribution in [0.15, 0.2) is 40.8 Å². The molecule has 144 valence electrons. The van der Waals surface area contributed by atoms with Gasteiger partial charge in [0.15, 0.2) is 0 Å². The van der Waals surface area contributed by atoms with Crippen LogP contribution in [0, 0.1) is 12.8 Å². The highest BCUT2D eigenvalue weighted by Crippen LogP contribution is 2.31. The third-order valence-electron chi connectivity index (χ3n) is 4.89. The number of rotatable bonds is 7. The van der Waals surface area contributed by atoms with E-state index in [-0.39, 0.29) is 17.4 Å². The maximum absolute atomic E-state index is 12.9. The molecule has 0 amide bonds. The zero-order valence-corrected chi connectivity index (χ0v) is 16.6. The molecule has 0 heterocycles. The second-order valence-corrected chi connectivity index (χ2v) is 8.49. The highest BCUT2D eigenvalue weighted by atomic mass is 32.2. The van der Waals surface area contributed by atoms with E-state index in [0.717, 1.165) is 37.7 Å². The summed E-state index contributed by atoms with van der Waals surface area (Å²) in [6, 6.07) is 6.16. The largest absolute Gasteiger partial charge is 0.463 e. The molecular formula is C20H29NO4S. The van der Waals surface area contributed by atoms with Crippen LogP contribution in [0.3, 0.4) is 0 Å². The summed E-state index contributed by atoms with van der Waals surface area (Å²) in [7, 11) is -3.73. The lowest BCUT2D eigenvalue weighted by Gasteiger charge is -2.31. The number of hydrogen-bond acceptors (Lipinski definition) is 4. The first kappa shape index (κ1) is 20.6. The second kappa shape index (κ2) is 9.33. The van der Waals surface area contributed by atoms with Crippen LogP contribution in [0.25, 0.3) is 0 Å². The quantitative estimate of drug-likeness (QED) is 0.579. The van der Waals surface area contributed by atoms with Crippen molar-refractivity contribution in [3.8, 4) is 0 Å². The number of sulfonamides is 1. The first-order valence-electron chi connectivity index (χ1n) is 9.31. The Labute approximate surface area is 156 Å². The number of benzene rings is 1. The lowest BCUT2D eigenvalue weighted by Crippen LogP contribution is -2.44. The Bertz CT molecular complexity index is 732. The topological polar surface area (TPSA) is 72.5 Å². The van der Waals surface area contributed by atoms with E-state index in [1.807, 2.05) is 6.92 Å². The minimum atomic E-state index is -3.73. The van der Waals surface area contributed by atoms with Gasteiger partial charge >= 0.3 is 5.97 Å². The SMILES string of the molecule is CC=C(C(=O)OCC)C(NS(=O)(=O)c1ccc(C)cc1)C1CCCCC1. The summed E-state index contributed by atoms with van der Waals surface area (Å²) < 4.78 is 33.8. The molecule has 26 heavy (non-hydrogen) atoms. The molecule has 0 radical (unpaired) electrons. The Balaban J connectivity index is 2.33. The van der Waals surface area contributed by atoms with Crippen molar-refractivity contribution in [2.24, 2.45) is 5.92 Å². The zero-order valence-electron chi connectivity index (χ0n) is 15.8. The van der Waals surface area contributed by atoms with Crippen molar-refractivity contribution in [1.82, 2.24) is 4.72 Å². The Kier molecular flexibility index (Phi) is 7.41. The van der Waals surface area contributed by atoms with E-state index in [2.05, 4.69) is 4.72 Å². The summed E-state index contributed by atoms with van der Waals surface area (Å²) in [5, 5.41) is 0. The van der Waals surface area contributed by atoms with Gasteiger partial charge in [0, 0.05) is 0 Å². The lowest BCUT2D eigenvalue weighted by molar-refractivity contribution is -0.139. The molecule has 1 aliphatic carbocycles. The number of aryl methyl sites for hydroxylation is 1.